The van der Waals surface area contributed by atoms with Crippen molar-refractivity contribution in [2.24, 2.45) is 5.92 Å². The first kappa shape index (κ1) is 18.0. The van der Waals surface area contributed by atoms with Crippen LogP contribution in [0.15, 0.2) is 30.5 Å². The van der Waals surface area contributed by atoms with Gasteiger partial charge in [0.05, 0.1) is 5.69 Å². The van der Waals surface area contributed by atoms with Crippen molar-refractivity contribution in [3.05, 3.63) is 47.3 Å². The zero-order valence-electron chi connectivity index (χ0n) is 15.9. The zero-order chi connectivity index (χ0) is 18.6. The Kier molecular flexibility index (Phi) is 5.37. The predicted molar refractivity (Wildman–Crippen MR) is 108 cm³/mol. The summed E-state index contributed by atoms with van der Waals surface area (Å²) in [5.41, 5.74) is 9.78. The van der Waals surface area contributed by atoms with E-state index in [1.807, 2.05) is 24.4 Å². The largest absolute Gasteiger partial charge is 0.368 e. The molecule has 0 amide bonds. The third-order valence-corrected chi connectivity index (χ3v) is 5.99. The Morgan fingerprint density at radius 1 is 1.22 bits per heavy atom. The molecule has 4 rings (SSSR count). The molecule has 1 aromatic heterocycles. The Morgan fingerprint density at radius 2 is 2.07 bits per heavy atom. The second kappa shape index (κ2) is 8.07. The van der Waals surface area contributed by atoms with Crippen molar-refractivity contribution < 1.29 is 4.79 Å². The maximum absolute atomic E-state index is 12.7. The molecule has 142 valence electrons. The predicted octanol–water partition coefficient (Wildman–Crippen LogP) is 4.16. The quantitative estimate of drug-likeness (QED) is 0.806. The molecule has 2 N–H and O–H groups in total. The van der Waals surface area contributed by atoms with Gasteiger partial charge in [0.15, 0.2) is 5.78 Å². The first-order valence-corrected chi connectivity index (χ1v) is 10.2. The Labute approximate surface area is 161 Å². The van der Waals surface area contributed by atoms with Gasteiger partial charge >= 0.3 is 0 Å². The Hall–Kier alpha value is -2.43. The summed E-state index contributed by atoms with van der Waals surface area (Å²) in [4.78, 5) is 23.5. The van der Waals surface area contributed by atoms with E-state index >= 15 is 0 Å². The van der Waals surface area contributed by atoms with E-state index in [1.165, 1.54) is 32.1 Å². The molecule has 1 aliphatic carbocycles. The molecular weight excluding hydrogens is 336 g/mol. The number of carbonyl (C=O) groups is 1. The standard InChI is InChI=1S/C22H28N4O/c23-22-24-14-18-15-26(12-11-20(18)25-22)19-8-4-7-17(13-19)21(27)10-9-16-5-2-1-3-6-16/h4,7-8,13-14,16H,1-3,5-6,9-12,15H2,(H2,23,24,25). The fourth-order valence-corrected chi connectivity index (χ4v) is 4.38. The van der Waals surface area contributed by atoms with E-state index < -0.39 is 0 Å². The normalized spacial score (nSPS) is 17.6. The number of rotatable bonds is 5. The van der Waals surface area contributed by atoms with Gasteiger partial charge in [-0.05, 0) is 24.5 Å². The lowest BCUT2D eigenvalue weighted by atomic mass is 9.85. The number of carbonyl (C=O) groups excluding carboxylic acids is 1. The molecule has 5 heteroatoms. The van der Waals surface area contributed by atoms with Crippen molar-refractivity contribution in [1.82, 2.24) is 9.97 Å². The highest BCUT2D eigenvalue weighted by Crippen LogP contribution is 2.29. The first-order chi connectivity index (χ1) is 13.2. The summed E-state index contributed by atoms with van der Waals surface area (Å²) in [5.74, 6) is 1.36. The van der Waals surface area contributed by atoms with Crippen LogP contribution in [-0.2, 0) is 13.0 Å². The van der Waals surface area contributed by atoms with Crippen molar-refractivity contribution in [1.29, 1.82) is 0 Å². The topological polar surface area (TPSA) is 72.1 Å². The minimum absolute atomic E-state index is 0.274. The van der Waals surface area contributed by atoms with Crippen molar-refractivity contribution >= 4 is 17.4 Å². The van der Waals surface area contributed by atoms with Crippen LogP contribution in [0, 0.1) is 5.92 Å². The number of ketones is 1. The molecule has 2 aromatic rings. The number of anilines is 2. The molecule has 0 bridgehead atoms. The van der Waals surface area contributed by atoms with E-state index in [0.717, 1.165) is 54.4 Å². The third kappa shape index (κ3) is 4.29. The van der Waals surface area contributed by atoms with Crippen molar-refractivity contribution in [2.75, 3.05) is 17.2 Å². The van der Waals surface area contributed by atoms with Crippen LogP contribution < -0.4 is 10.6 Å². The average Bonchev–Trinajstić information content (AvgIpc) is 2.72. The van der Waals surface area contributed by atoms with Crippen LogP contribution in [0.25, 0.3) is 0 Å². The minimum atomic E-state index is 0.274. The number of Topliss-reactive ketones (excluding diaryl/α,β-unsaturated/α-hetero) is 1. The van der Waals surface area contributed by atoms with E-state index in [1.54, 1.807) is 0 Å². The summed E-state index contributed by atoms with van der Waals surface area (Å²) in [6.45, 7) is 1.64. The summed E-state index contributed by atoms with van der Waals surface area (Å²) in [6.07, 6.45) is 11.0. The van der Waals surface area contributed by atoms with E-state index in [-0.39, 0.29) is 5.78 Å². The lowest BCUT2D eigenvalue weighted by Crippen LogP contribution is -2.31. The molecule has 1 saturated carbocycles. The van der Waals surface area contributed by atoms with Gasteiger partial charge in [-0.15, -0.1) is 0 Å². The molecule has 1 aromatic carbocycles. The van der Waals surface area contributed by atoms with Gasteiger partial charge in [-0.25, -0.2) is 9.97 Å². The summed E-state index contributed by atoms with van der Waals surface area (Å²) in [6, 6.07) is 8.08. The molecule has 0 atom stereocenters. The van der Waals surface area contributed by atoms with Gasteiger partial charge in [0.1, 0.15) is 0 Å². The Morgan fingerprint density at radius 3 is 2.93 bits per heavy atom. The molecule has 0 unspecified atom stereocenters. The second-order valence-corrected chi connectivity index (χ2v) is 7.89. The lowest BCUT2D eigenvalue weighted by Gasteiger charge is -2.30. The average molecular weight is 364 g/mol. The van der Waals surface area contributed by atoms with Gasteiger partial charge in [-0.1, -0.05) is 44.2 Å². The minimum Gasteiger partial charge on any atom is -0.368 e. The van der Waals surface area contributed by atoms with Crippen molar-refractivity contribution in [2.45, 2.75) is 57.9 Å². The maximum Gasteiger partial charge on any atom is 0.220 e. The third-order valence-electron chi connectivity index (χ3n) is 5.99. The summed E-state index contributed by atoms with van der Waals surface area (Å²) >= 11 is 0. The number of nitrogens with zero attached hydrogens (tertiary/aromatic N) is 3. The van der Waals surface area contributed by atoms with Gasteiger partial charge < -0.3 is 10.6 Å². The van der Waals surface area contributed by atoms with E-state index in [9.17, 15) is 4.79 Å². The van der Waals surface area contributed by atoms with Gasteiger partial charge in [-0.3, -0.25) is 4.79 Å². The number of fused-ring (bicyclic) bond motifs is 1. The fraction of sp³-hybridized carbons (Fsp3) is 0.500. The number of aromatic nitrogens is 2. The Bertz CT molecular complexity index is 814. The second-order valence-electron chi connectivity index (χ2n) is 7.89. The van der Waals surface area contributed by atoms with E-state index in [2.05, 4.69) is 20.9 Å². The summed E-state index contributed by atoms with van der Waals surface area (Å²) in [5, 5.41) is 0. The zero-order valence-corrected chi connectivity index (χ0v) is 15.9. The number of hydrogen-bond acceptors (Lipinski definition) is 5. The molecule has 1 fully saturated rings. The van der Waals surface area contributed by atoms with Crippen molar-refractivity contribution in [3.8, 4) is 0 Å². The van der Waals surface area contributed by atoms with Crippen LogP contribution in [-0.4, -0.2) is 22.3 Å². The molecular formula is C22H28N4O. The molecule has 0 spiro atoms. The fourth-order valence-electron chi connectivity index (χ4n) is 4.38. The lowest BCUT2D eigenvalue weighted by molar-refractivity contribution is 0.0970. The number of nitrogens with two attached hydrogens (primary N) is 1. The smallest absolute Gasteiger partial charge is 0.220 e. The maximum atomic E-state index is 12.7. The molecule has 5 nitrogen and oxygen atoms in total. The van der Waals surface area contributed by atoms with Crippen LogP contribution >= 0.6 is 0 Å². The highest BCUT2D eigenvalue weighted by atomic mass is 16.1. The summed E-state index contributed by atoms with van der Waals surface area (Å²) < 4.78 is 0. The van der Waals surface area contributed by atoms with E-state index in [4.69, 9.17) is 5.73 Å². The van der Waals surface area contributed by atoms with Gasteiger partial charge in [0, 0.05) is 48.9 Å². The van der Waals surface area contributed by atoms with Crippen LogP contribution in [0.1, 0.15) is 66.6 Å². The monoisotopic (exact) mass is 364 g/mol. The highest BCUT2D eigenvalue weighted by Gasteiger charge is 2.20. The Balaban J connectivity index is 1.41. The number of benzene rings is 1. The van der Waals surface area contributed by atoms with Gasteiger partial charge in [0.2, 0.25) is 5.95 Å². The molecule has 27 heavy (non-hydrogen) atoms. The van der Waals surface area contributed by atoms with E-state index in [0.29, 0.717) is 12.4 Å². The first-order valence-electron chi connectivity index (χ1n) is 10.2. The van der Waals surface area contributed by atoms with Crippen LogP contribution in [0.4, 0.5) is 11.6 Å². The van der Waals surface area contributed by atoms with Crippen LogP contribution in [0.3, 0.4) is 0 Å². The SMILES string of the molecule is Nc1ncc2c(n1)CCN(c1cccc(C(=O)CCC3CCCCC3)c1)C2. The van der Waals surface area contributed by atoms with Gasteiger partial charge in [-0.2, -0.15) is 0 Å². The molecule has 2 aliphatic rings. The number of hydrogen-bond donors (Lipinski definition) is 1. The highest BCUT2D eigenvalue weighted by molar-refractivity contribution is 5.96. The van der Waals surface area contributed by atoms with Gasteiger partial charge in [0.25, 0.3) is 0 Å². The molecule has 0 saturated heterocycles. The van der Waals surface area contributed by atoms with Crippen LogP contribution in [0.2, 0.25) is 0 Å². The summed E-state index contributed by atoms with van der Waals surface area (Å²) in [7, 11) is 0. The molecule has 2 heterocycles. The van der Waals surface area contributed by atoms with Crippen molar-refractivity contribution in [3.63, 3.8) is 0 Å². The number of nitrogen functional groups attached to an aromatic ring is 1. The van der Waals surface area contributed by atoms with Crippen LogP contribution in [0.5, 0.6) is 0 Å². The molecule has 1 aliphatic heterocycles. The molecule has 0 radical (unpaired) electrons.